The highest BCUT2D eigenvalue weighted by Crippen LogP contribution is 2.13. The molecule has 0 aromatic carbocycles. The van der Waals surface area contributed by atoms with Gasteiger partial charge in [-0.05, 0) is 6.92 Å². The van der Waals surface area contributed by atoms with Gasteiger partial charge in [-0.2, -0.15) is 0 Å². The van der Waals surface area contributed by atoms with Crippen molar-refractivity contribution >= 4 is 9.39 Å². The zero-order valence-electron chi connectivity index (χ0n) is 4.35. The van der Waals surface area contributed by atoms with Crippen molar-refractivity contribution in [3.63, 3.8) is 0 Å². The quantitative estimate of drug-likeness (QED) is 0.413. The minimum atomic E-state index is 0.484. The molecule has 0 amide bonds. The Morgan fingerprint density at radius 3 is 2.71 bits per heavy atom. The van der Waals surface area contributed by atoms with Crippen LogP contribution in [0, 0.1) is 0 Å². The van der Waals surface area contributed by atoms with Gasteiger partial charge in [-0.1, -0.05) is 9.39 Å². The fourth-order valence-corrected chi connectivity index (χ4v) is 0.666. The standard InChI is InChI=1S/C4H10NOP/c1-3(5-7)4-2-6-4/h3-5H,2,7H2,1H3/t3?,4-/m1/s1. The lowest BCUT2D eigenvalue weighted by Gasteiger charge is -2.01. The largest absolute Gasteiger partial charge is 0.371 e. The summed E-state index contributed by atoms with van der Waals surface area (Å²) >= 11 is 0. The second-order valence-corrected chi connectivity index (χ2v) is 2.16. The Labute approximate surface area is 45.9 Å². The third-order valence-electron chi connectivity index (χ3n) is 1.18. The molecule has 1 fully saturated rings. The van der Waals surface area contributed by atoms with E-state index >= 15 is 0 Å². The fourth-order valence-electron chi connectivity index (χ4n) is 0.452. The molecule has 1 rings (SSSR count). The monoisotopic (exact) mass is 119 g/mol. The Morgan fingerprint density at radius 2 is 2.57 bits per heavy atom. The van der Waals surface area contributed by atoms with E-state index in [1.54, 1.807) is 0 Å². The SMILES string of the molecule is CC(NP)[C@H]1CO1. The highest BCUT2D eigenvalue weighted by Gasteiger charge is 2.27. The van der Waals surface area contributed by atoms with Gasteiger partial charge in [0.05, 0.1) is 12.7 Å². The van der Waals surface area contributed by atoms with Gasteiger partial charge in [0.15, 0.2) is 0 Å². The van der Waals surface area contributed by atoms with Gasteiger partial charge in [0.25, 0.3) is 0 Å². The molecule has 0 aliphatic carbocycles. The van der Waals surface area contributed by atoms with Crippen molar-refractivity contribution in [1.29, 1.82) is 0 Å². The second-order valence-electron chi connectivity index (χ2n) is 1.83. The van der Waals surface area contributed by atoms with E-state index in [2.05, 4.69) is 21.4 Å². The molecule has 1 N–H and O–H groups in total. The summed E-state index contributed by atoms with van der Waals surface area (Å²) < 4.78 is 4.99. The van der Waals surface area contributed by atoms with Crippen molar-refractivity contribution in [3.8, 4) is 0 Å². The Bertz CT molecular complexity index is 64.7. The number of ether oxygens (including phenoxy) is 1. The zero-order chi connectivity index (χ0) is 5.28. The van der Waals surface area contributed by atoms with E-state index in [-0.39, 0.29) is 0 Å². The van der Waals surface area contributed by atoms with Gasteiger partial charge in [0.1, 0.15) is 0 Å². The van der Waals surface area contributed by atoms with Crippen LogP contribution in [0.15, 0.2) is 0 Å². The number of rotatable bonds is 2. The van der Waals surface area contributed by atoms with Gasteiger partial charge >= 0.3 is 0 Å². The number of epoxide rings is 1. The smallest absolute Gasteiger partial charge is 0.0962 e. The van der Waals surface area contributed by atoms with E-state index in [0.29, 0.717) is 12.1 Å². The van der Waals surface area contributed by atoms with Gasteiger partial charge in [-0.15, -0.1) is 0 Å². The number of nitrogens with one attached hydrogen (secondary N) is 1. The van der Waals surface area contributed by atoms with E-state index in [9.17, 15) is 0 Å². The van der Waals surface area contributed by atoms with Crippen molar-refractivity contribution in [1.82, 2.24) is 5.09 Å². The van der Waals surface area contributed by atoms with E-state index in [0.717, 1.165) is 6.61 Å². The normalized spacial score (nSPS) is 32.6. The van der Waals surface area contributed by atoms with E-state index < -0.39 is 0 Å². The molecule has 0 bridgehead atoms. The van der Waals surface area contributed by atoms with E-state index in [4.69, 9.17) is 4.74 Å². The molecule has 2 unspecified atom stereocenters. The van der Waals surface area contributed by atoms with Gasteiger partial charge < -0.3 is 4.74 Å². The van der Waals surface area contributed by atoms with Crippen LogP contribution in [0.5, 0.6) is 0 Å². The van der Waals surface area contributed by atoms with Crippen LogP contribution >= 0.6 is 9.39 Å². The lowest BCUT2D eigenvalue weighted by molar-refractivity contribution is 0.374. The van der Waals surface area contributed by atoms with Gasteiger partial charge in [-0.25, -0.2) is 0 Å². The lowest BCUT2D eigenvalue weighted by atomic mass is 10.3. The minimum absolute atomic E-state index is 0.484. The molecule has 0 saturated carbocycles. The molecule has 7 heavy (non-hydrogen) atoms. The molecule has 42 valence electrons. The van der Waals surface area contributed by atoms with Crippen LogP contribution in [0.4, 0.5) is 0 Å². The Hall–Kier alpha value is 0.350. The van der Waals surface area contributed by atoms with Crippen molar-refractivity contribution in [2.24, 2.45) is 0 Å². The maximum absolute atomic E-state index is 4.99. The first-order valence-electron chi connectivity index (χ1n) is 2.42. The first-order chi connectivity index (χ1) is 3.34. The molecule has 1 saturated heterocycles. The number of hydrogen-bond acceptors (Lipinski definition) is 2. The Morgan fingerprint density at radius 1 is 2.00 bits per heavy atom. The molecular formula is C4H10NOP. The van der Waals surface area contributed by atoms with E-state index in [1.807, 2.05) is 0 Å². The molecule has 1 aliphatic heterocycles. The zero-order valence-corrected chi connectivity index (χ0v) is 5.50. The van der Waals surface area contributed by atoms with Crippen LogP contribution in [0.25, 0.3) is 0 Å². The van der Waals surface area contributed by atoms with Crippen molar-refractivity contribution in [2.75, 3.05) is 6.61 Å². The summed E-state index contributed by atoms with van der Waals surface area (Å²) in [4.78, 5) is 0. The van der Waals surface area contributed by atoms with Crippen LogP contribution < -0.4 is 5.09 Å². The lowest BCUT2D eigenvalue weighted by Crippen LogP contribution is -2.21. The molecule has 1 aliphatic rings. The Kier molecular flexibility index (Phi) is 1.63. The second kappa shape index (κ2) is 2.08. The molecule has 3 heteroatoms. The maximum atomic E-state index is 4.99. The summed E-state index contributed by atoms with van der Waals surface area (Å²) in [7, 11) is 2.47. The van der Waals surface area contributed by atoms with Gasteiger partial charge in [0.2, 0.25) is 0 Å². The number of hydrogen-bond donors (Lipinski definition) is 1. The highest BCUT2D eigenvalue weighted by atomic mass is 31.0. The molecular weight excluding hydrogens is 109 g/mol. The average Bonchev–Trinajstić information content (AvgIpc) is 2.44. The predicted molar refractivity (Wildman–Crippen MR) is 32.0 cm³/mol. The first kappa shape index (κ1) is 5.49. The average molecular weight is 119 g/mol. The summed E-state index contributed by atoms with van der Waals surface area (Å²) in [6, 6.07) is 0.505. The van der Waals surface area contributed by atoms with Gasteiger partial charge in [-0.3, -0.25) is 5.09 Å². The van der Waals surface area contributed by atoms with Crippen molar-refractivity contribution in [3.05, 3.63) is 0 Å². The molecule has 0 aromatic rings. The van der Waals surface area contributed by atoms with Crippen molar-refractivity contribution in [2.45, 2.75) is 19.1 Å². The van der Waals surface area contributed by atoms with Gasteiger partial charge in [0, 0.05) is 6.04 Å². The predicted octanol–water partition coefficient (Wildman–Crippen LogP) is 0.153. The Balaban J connectivity index is 2.10. The van der Waals surface area contributed by atoms with Crippen LogP contribution in [0.1, 0.15) is 6.92 Å². The fraction of sp³-hybridized carbons (Fsp3) is 1.00. The van der Waals surface area contributed by atoms with Crippen LogP contribution in [-0.4, -0.2) is 18.8 Å². The summed E-state index contributed by atoms with van der Waals surface area (Å²) in [5.74, 6) is 0. The first-order valence-corrected chi connectivity index (χ1v) is 3.00. The topological polar surface area (TPSA) is 24.6 Å². The molecule has 3 atom stereocenters. The summed E-state index contributed by atoms with van der Waals surface area (Å²) in [5.41, 5.74) is 0. The maximum Gasteiger partial charge on any atom is 0.0962 e. The third-order valence-corrected chi connectivity index (χ3v) is 1.71. The van der Waals surface area contributed by atoms with E-state index in [1.165, 1.54) is 0 Å². The third kappa shape index (κ3) is 1.37. The van der Waals surface area contributed by atoms with Crippen molar-refractivity contribution < 1.29 is 4.74 Å². The highest BCUT2D eigenvalue weighted by molar-refractivity contribution is 7.13. The van der Waals surface area contributed by atoms with Crippen LogP contribution in [0.2, 0.25) is 0 Å². The molecule has 1 heterocycles. The summed E-state index contributed by atoms with van der Waals surface area (Å²) in [6.45, 7) is 3.03. The molecule has 0 spiro atoms. The summed E-state index contributed by atoms with van der Waals surface area (Å²) in [6.07, 6.45) is 0.484. The van der Waals surface area contributed by atoms with Crippen LogP contribution in [-0.2, 0) is 4.74 Å². The molecule has 2 nitrogen and oxygen atoms in total. The summed E-state index contributed by atoms with van der Waals surface area (Å²) in [5, 5.41) is 3.02. The van der Waals surface area contributed by atoms with Crippen LogP contribution in [0.3, 0.4) is 0 Å². The molecule has 0 radical (unpaired) electrons. The minimum Gasteiger partial charge on any atom is -0.371 e. The molecule has 0 aromatic heterocycles.